The van der Waals surface area contributed by atoms with Crippen molar-refractivity contribution in [3.8, 4) is 0 Å². The molecule has 1 aromatic carbocycles. The molecule has 0 bridgehead atoms. The van der Waals surface area contributed by atoms with Gasteiger partial charge in [0.25, 0.3) is 0 Å². The molecule has 0 fully saturated rings. The fraction of sp³-hybridized carbons (Fsp3) is 0.529. The van der Waals surface area contributed by atoms with Crippen molar-refractivity contribution >= 4 is 20.6 Å². The Morgan fingerprint density at radius 3 is 2.18 bits per heavy atom. The fourth-order valence-corrected chi connectivity index (χ4v) is 4.98. The molecule has 1 rings (SSSR count). The van der Waals surface area contributed by atoms with E-state index in [9.17, 15) is 0 Å². The quantitative estimate of drug-likeness (QED) is 0.463. The van der Waals surface area contributed by atoms with E-state index in [0.717, 1.165) is 30.3 Å². The second-order valence-electron chi connectivity index (χ2n) is 4.80. The van der Waals surface area contributed by atoms with E-state index in [2.05, 4.69) is 24.0 Å². The average molecular weight is 324 g/mol. The van der Waals surface area contributed by atoms with Crippen LogP contribution in [0.5, 0.6) is 0 Å². The molecule has 0 aromatic heterocycles. The summed E-state index contributed by atoms with van der Waals surface area (Å²) in [7, 11) is -2.52. The molecule has 0 spiro atoms. The van der Waals surface area contributed by atoms with Crippen LogP contribution in [0.2, 0.25) is 6.04 Å². The van der Waals surface area contributed by atoms with Gasteiger partial charge in [-0.1, -0.05) is 30.9 Å². The Morgan fingerprint density at radius 2 is 1.64 bits per heavy atom. The van der Waals surface area contributed by atoms with Gasteiger partial charge >= 0.3 is 8.80 Å². The van der Waals surface area contributed by atoms with E-state index in [1.807, 2.05) is 39.0 Å². The smallest absolute Gasteiger partial charge is 0.385 e. The van der Waals surface area contributed by atoms with Gasteiger partial charge in [-0.25, -0.2) is 0 Å². The number of rotatable bonds is 12. The first kappa shape index (κ1) is 18.9. The molecule has 0 radical (unpaired) electrons. The van der Waals surface area contributed by atoms with Crippen molar-refractivity contribution in [2.75, 3.05) is 31.7 Å². The molecule has 0 aliphatic heterocycles. The van der Waals surface area contributed by atoms with Crippen molar-refractivity contribution in [1.29, 1.82) is 0 Å². The van der Waals surface area contributed by atoms with Crippen LogP contribution in [-0.4, -0.2) is 35.2 Å². The molecular weight excluding hydrogens is 294 g/mol. The summed E-state index contributed by atoms with van der Waals surface area (Å²) in [6.07, 6.45) is 2.81. The molecule has 1 N–H and O–H groups in total. The lowest BCUT2D eigenvalue weighted by Crippen LogP contribution is -2.46. The lowest BCUT2D eigenvalue weighted by atomic mass is 10.2. The summed E-state index contributed by atoms with van der Waals surface area (Å²) in [5, 5.41) is 3.45. The number of nitrogens with one attached hydrogen (secondary N) is 1. The molecule has 0 saturated carbocycles. The first-order valence-electron chi connectivity index (χ1n) is 8.08. The molecule has 0 aliphatic rings. The molecule has 0 amide bonds. The van der Waals surface area contributed by atoms with E-state index >= 15 is 0 Å². The molecule has 0 aliphatic carbocycles. The van der Waals surface area contributed by atoms with E-state index in [1.54, 1.807) is 0 Å². The third kappa shape index (κ3) is 5.92. The molecular formula is C17H29NO3Si. The van der Waals surface area contributed by atoms with Crippen LogP contribution < -0.4 is 5.32 Å². The Balaban J connectivity index is 2.53. The third-order valence-electron chi connectivity index (χ3n) is 3.25. The summed E-state index contributed by atoms with van der Waals surface area (Å²) in [6.45, 7) is 12.5. The van der Waals surface area contributed by atoms with E-state index < -0.39 is 8.80 Å². The van der Waals surface area contributed by atoms with Gasteiger partial charge in [-0.3, -0.25) is 0 Å². The van der Waals surface area contributed by atoms with E-state index in [-0.39, 0.29) is 0 Å². The zero-order chi connectivity index (χ0) is 16.3. The Labute approximate surface area is 135 Å². The standard InChI is InChI=1S/C17H29NO3Si/c1-5-16-12-9-10-13-17(16)18-14-11-15-22(19-6-2,20-7-3)21-8-4/h5,9-10,12-13,18H,1,6-8,11,14-15H2,2-4H3. The highest BCUT2D eigenvalue weighted by atomic mass is 28.4. The lowest BCUT2D eigenvalue weighted by Gasteiger charge is -2.28. The van der Waals surface area contributed by atoms with Gasteiger partial charge in [-0.2, -0.15) is 0 Å². The van der Waals surface area contributed by atoms with Gasteiger partial charge < -0.3 is 18.6 Å². The predicted octanol–water partition coefficient (Wildman–Crippen LogP) is 4.18. The molecule has 1 aromatic rings. The molecule has 124 valence electrons. The Bertz CT molecular complexity index is 423. The zero-order valence-corrected chi connectivity index (χ0v) is 15.1. The van der Waals surface area contributed by atoms with Crippen LogP contribution in [0.1, 0.15) is 32.8 Å². The minimum Gasteiger partial charge on any atom is -0.385 e. The van der Waals surface area contributed by atoms with Crippen molar-refractivity contribution in [1.82, 2.24) is 0 Å². The maximum atomic E-state index is 5.86. The summed E-state index contributed by atoms with van der Waals surface area (Å²) in [4.78, 5) is 0. The Kier molecular flexibility index (Phi) is 9.08. The minimum absolute atomic E-state index is 0.624. The van der Waals surface area contributed by atoms with Crippen molar-refractivity contribution in [2.24, 2.45) is 0 Å². The average Bonchev–Trinajstić information content (AvgIpc) is 2.53. The number of benzene rings is 1. The molecule has 5 heteroatoms. The summed E-state index contributed by atoms with van der Waals surface area (Å²) < 4.78 is 17.6. The van der Waals surface area contributed by atoms with Gasteiger partial charge in [0.2, 0.25) is 0 Å². The van der Waals surface area contributed by atoms with E-state index in [0.29, 0.717) is 19.8 Å². The molecule has 0 atom stereocenters. The van der Waals surface area contributed by atoms with Gasteiger partial charge in [0, 0.05) is 38.1 Å². The van der Waals surface area contributed by atoms with Gasteiger partial charge in [-0.05, 0) is 38.8 Å². The van der Waals surface area contributed by atoms with Crippen LogP contribution in [0.3, 0.4) is 0 Å². The zero-order valence-electron chi connectivity index (χ0n) is 14.1. The second kappa shape index (κ2) is 10.6. The Hall–Kier alpha value is -1.14. The minimum atomic E-state index is -2.52. The largest absolute Gasteiger partial charge is 0.500 e. The molecule has 0 saturated heterocycles. The summed E-state index contributed by atoms with van der Waals surface area (Å²) in [5.41, 5.74) is 2.22. The van der Waals surface area contributed by atoms with Crippen LogP contribution >= 0.6 is 0 Å². The van der Waals surface area contributed by atoms with Gasteiger partial charge in [-0.15, -0.1) is 0 Å². The second-order valence-corrected chi connectivity index (χ2v) is 7.54. The highest BCUT2D eigenvalue weighted by Gasteiger charge is 2.39. The molecule has 22 heavy (non-hydrogen) atoms. The Morgan fingerprint density at radius 1 is 1.05 bits per heavy atom. The highest BCUT2D eigenvalue weighted by molar-refractivity contribution is 6.60. The van der Waals surface area contributed by atoms with Crippen molar-refractivity contribution in [3.05, 3.63) is 36.4 Å². The van der Waals surface area contributed by atoms with Gasteiger partial charge in [0.05, 0.1) is 0 Å². The SMILES string of the molecule is C=Cc1ccccc1NCCC[Si](OCC)(OCC)OCC. The van der Waals surface area contributed by atoms with E-state index in [1.165, 1.54) is 0 Å². The van der Waals surface area contributed by atoms with Crippen molar-refractivity contribution < 1.29 is 13.3 Å². The van der Waals surface area contributed by atoms with Crippen molar-refractivity contribution in [3.63, 3.8) is 0 Å². The number of para-hydroxylation sites is 1. The summed E-state index contributed by atoms with van der Waals surface area (Å²) in [5.74, 6) is 0. The molecule has 0 unspecified atom stereocenters. The van der Waals surface area contributed by atoms with Crippen LogP contribution in [0, 0.1) is 0 Å². The molecule has 0 heterocycles. The van der Waals surface area contributed by atoms with Gasteiger partial charge in [0.15, 0.2) is 0 Å². The molecule has 4 nitrogen and oxygen atoms in total. The number of hydrogen-bond donors (Lipinski definition) is 1. The van der Waals surface area contributed by atoms with Crippen LogP contribution in [0.4, 0.5) is 5.69 Å². The number of hydrogen-bond acceptors (Lipinski definition) is 4. The summed E-state index contributed by atoms with van der Waals surface area (Å²) in [6, 6.07) is 8.98. The van der Waals surface area contributed by atoms with E-state index in [4.69, 9.17) is 13.3 Å². The third-order valence-corrected chi connectivity index (χ3v) is 6.40. The van der Waals surface area contributed by atoms with Crippen LogP contribution in [0.25, 0.3) is 6.08 Å². The fourth-order valence-electron chi connectivity index (χ4n) is 2.37. The van der Waals surface area contributed by atoms with Crippen LogP contribution in [0.15, 0.2) is 30.8 Å². The van der Waals surface area contributed by atoms with Crippen LogP contribution in [-0.2, 0) is 13.3 Å². The predicted molar refractivity (Wildman–Crippen MR) is 95.1 cm³/mol. The van der Waals surface area contributed by atoms with Crippen molar-refractivity contribution in [2.45, 2.75) is 33.2 Å². The monoisotopic (exact) mass is 323 g/mol. The van der Waals surface area contributed by atoms with Gasteiger partial charge in [0.1, 0.15) is 0 Å². The normalized spacial score (nSPS) is 11.4. The maximum Gasteiger partial charge on any atom is 0.500 e. The maximum absolute atomic E-state index is 5.86. The first-order valence-corrected chi connectivity index (χ1v) is 10.0. The topological polar surface area (TPSA) is 39.7 Å². The summed E-state index contributed by atoms with van der Waals surface area (Å²) >= 11 is 0. The highest BCUT2D eigenvalue weighted by Crippen LogP contribution is 2.20. The number of anilines is 1. The lowest BCUT2D eigenvalue weighted by molar-refractivity contribution is 0.0710. The first-order chi connectivity index (χ1) is 10.7.